The number of halogens is 1. The topological polar surface area (TPSA) is 84.9 Å². The molecule has 5 rings (SSSR count). The molecule has 2 amide bonds. The van der Waals surface area contributed by atoms with Crippen LogP contribution in [0.3, 0.4) is 0 Å². The van der Waals surface area contributed by atoms with Crippen LogP contribution in [0.2, 0.25) is 0 Å². The van der Waals surface area contributed by atoms with Crippen LogP contribution in [0.25, 0.3) is 0 Å². The largest absolute Gasteiger partial charge is 0.493 e. The summed E-state index contributed by atoms with van der Waals surface area (Å²) in [4.78, 5) is 42.5. The summed E-state index contributed by atoms with van der Waals surface area (Å²) in [7, 11) is 0. The molecule has 0 unspecified atom stereocenters. The first-order valence-electron chi connectivity index (χ1n) is 10.6. The molecule has 0 saturated carbocycles. The standard InChI is InChI=1S/C24H23BrN2O5/c1-4-31-22(29)19-16-11-32-18-8-5-12(2)9-15(18)20(16)27-21(28)14-10-13(25)6-7-17(14)26-23(30)24(19,27)3/h5-10,16,19-20H,4,11H2,1-3H3,(H,26,30)/t16-,19-,20+,24-/m1/s1. The fourth-order valence-electron chi connectivity index (χ4n) is 5.41. The highest BCUT2D eigenvalue weighted by Gasteiger charge is 2.67. The number of carbonyl (C=O) groups excluding carboxylic acids is 3. The van der Waals surface area contributed by atoms with Crippen LogP contribution >= 0.6 is 15.9 Å². The smallest absolute Gasteiger partial charge is 0.312 e. The van der Waals surface area contributed by atoms with Crippen molar-refractivity contribution in [3.8, 4) is 5.75 Å². The third-order valence-electron chi connectivity index (χ3n) is 6.81. The molecule has 166 valence electrons. The van der Waals surface area contributed by atoms with Crippen molar-refractivity contribution in [1.82, 2.24) is 4.90 Å². The van der Waals surface area contributed by atoms with Gasteiger partial charge in [-0.25, -0.2) is 0 Å². The minimum Gasteiger partial charge on any atom is -0.493 e. The van der Waals surface area contributed by atoms with Crippen molar-refractivity contribution in [3.05, 3.63) is 57.6 Å². The molecule has 1 saturated heterocycles. The van der Waals surface area contributed by atoms with Gasteiger partial charge in [0, 0.05) is 16.0 Å². The van der Waals surface area contributed by atoms with Crippen LogP contribution in [-0.2, 0) is 14.3 Å². The van der Waals surface area contributed by atoms with Crippen molar-refractivity contribution in [2.75, 3.05) is 18.5 Å². The third kappa shape index (κ3) is 2.81. The fraction of sp³-hybridized carbons (Fsp3) is 0.375. The van der Waals surface area contributed by atoms with Gasteiger partial charge >= 0.3 is 5.97 Å². The molecule has 8 heteroatoms. The van der Waals surface area contributed by atoms with Gasteiger partial charge in [0.2, 0.25) is 0 Å². The van der Waals surface area contributed by atoms with Crippen LogP contribution < -0.4 is 10.1 Å². The molecule has 1 fully saturated rings. The van der Waals surface area contributed by atoms with E-state index < -0.39 is 35.3 Å². The molecule has 32 heavy (non-hydrogen) atoms. The van der Waals surface area contributed by atoms with Crippen molar-refractivity contribution in [2.24, 2.45) is 11.8 Å². The normalized spacial score (nSPS) is 27.9. The number of nitrogens with zero attached hydrogens (tertiary/aromatic N) is 1. The molecule has 1 N–H and O–H groups in total. The Morgan fingerprint density at radius 1 is 1.28 bits per heavy atom. The average Bonchev–Trinajstić information content (AvgIpc) is 3.00. The number of hydrogen-bond acceptors (Lipinski definition) is 5. The summed E-state index contributed by atoms with van der Waals surface area (Å²) in [6.45, 7) is 5.75. The zero-order chi connectivity index (χ0) is 22.8. The maximum atomic E-state index is 14.0. The molecule has 2 aromatic carbocycles. The van der Waals surface area contributed by atoms with Gasteiger partial charge in [-0.1, -0.05) is 33.6 Å². The number of rotatable bonds is 2. The first kappa shape index (κ1) is 21.0. The van der Waals surface area contributed by atoms with Gasteiger partial charge in [-0.15, -0.1) is 0 Å². The van der Waals surface area contributed by atoms with Crippen molar-refractivity contribution in [2.45, 2.75) is 32.4 Å². The molecule has 0 aliphatic carbocycles. The van der Waals surface area contributed by atoms with E-state index in [0.29, 0.717) is 17.0 Å². The number of amides is 2. The summed E-state index contributed by atoms with van der Waals surface area (Å²) in [6.07, 6.45) is 0. The molecule has 7 nitrogen and oxygen atoms in total. The second-order valence-electron chi connectivity index (χ2n) is 8.66. The van der Waals surface area contributed by atoms with E-state index in [1.54, 1.807) is 36.9 Å². The Morgan fingerprint density at radius 3 is 2.81 bits per heavy atom. The first-order valence-corrected chi connectivity index (χ1v) is 11.4. The van der Waals surface area contributed by atoms with E-state index in [9.17, 15) is 14.4 Å². The SMILES string of the molecule is CCOC(=O)[C@H]1[C@H]2COc3ccc(C)cc3[C@@H]2N2C(=O)c3cc(Br)ccc3NC(=O)[C@@]12C. The predicted molar refractivity (Wildman–Crippen MR) is 120 cm³/mol. The Bertz CT molecular complexity index is 1170. The van der Waals surface area contributed by atoms with E-state index in [0.717, 1.165) is 15.6 Å². The number of anilines is 1. The minimum absolute atomic E-state index is 0.183. The maximum Gasteiger partial charge on any atom is 0.312 e. The lowest BCUT2D eigenvalue weighted by Crippen LogP contribution is -2.57. The average molecular weight is 499 g/mol. The number of aryl methyl sites for hydroxylation is 1. The van der Waals surface area contributed by atoms with Gasteiger partial charge < -0.3 is 19.7 Å². The maximum absolute atomic E-state index is 14.0. The highest BCUT2D eigenvalue weighted by atomic mass is 79.9. The lowest BCUT2D eigenvalue weighted by atomic mass is 9.77. The summed E-state index contributed by atoms with van der Waals surface area (Å²) >= 11 is 3.43. The van der Waals surface area contributed by atoms with Gasteiger partial charge in [-0.3, -0.25) is 14.4 Å². The van der Waals surface area contributed by atoms with Crippen LogP contribution in [-0.4, -0.2) is 41.4 Å². The van der Waals surface area contributed by atoms with Crippen LogP contribution in [0.4, 0.5) is 5.69 Å². The summed E-state index contributed by atoms with van der Waals surface area (Å²) in [5.41, 5.74) is 1.16. The number of benzene rings is 2. The number of carbonyl (C=O) groups is 3. The van der Waals surface area contributed by atoms with E-state index in [1.807, 2.05) is 25.1 Å². The number of ether oxygens (including phenoxy) is 2. The highest BCUT2D eigenvalue weighted by Crippen LogP contribution is 2.57. The molecular formula is C24H23BrN2O5. The van der Waals surface area contributed by atoms with E-state index in [1.165, 1.54) is 0 Å². The molecule has 0 aromatic heterocycles. The Morgan fingerprint density at radius 2 is 2.06 bits per heavy atom. The Labute approximate surface area is 194 Å². The molecule has 2 aromatic rings. The van der Waals surface area contributed by atoms with Gasteiger partial charge in [0.05, 0.1) is 36.4 Å². The summed E-state index contributed by atoms with van der Waals surface area (Å²) in [5, 5.41) is 2.89. The minimum atomic E-state index is -1.45. The van der Waals surface area contributed by atoms with Crippen LogP contribution in [0.5, 0.6) is 5.75 Å². The second-order valence-corrected chi connectivity index (χ2v) is 9.57. The Hall–Kier alpha value is -2.87. The number of nitrogens with one attached hydrogen (secondary N) is 1. The summed E-state index contributed by atoms with van der Waals surface area (Å²) in [6, 6.07) is 10.5. The molecule has 3 heterocycles. The lowest BCUT2D eigenvalue weighted by molar-refractivity contribution is -0.155. The van der Waals surface area contributed by atoms with Crippen LogP contribution in [0.1, 0.15) is 41.4 Å². The molecule has 3 aliphatic heterocycles. The van der Waals surface area contributed by atoms with Crippen molar-refractivity contribution in [1.29, 1.82) is 0 Å². The van der Waals surface area contributed by atoms with E-state index >= 15 is 0 Å². The summed E-state index contributed by atoms with van der Waals surface area (Å²) in [5.74, 6) is -1.84. The second kappa shape index (κ2) is 7.33. The van der Waals surface area contributed by atoms with Gasteiger partial charge in [-0.05, 0) is 45.0 Å². The highest BCUT2D eigenvalue weighted by molar-refractivity contribution is 9.10. The van der Waals surface area contributed by atoms with E-state index in [2.05, 4.69) is 21.2 Å². The quantitative estimate of drug-likeness (QED) is 0.635. The fourth-order valence-corrected chi connectivity index (χ4v) is 5.77. The monoisotopic (exact) mass is 498 g/mol. The van der Waals surface area contributed by atoms with E-state index in [4.69, 9.17) is 9.47 Å². The zero-order valence-corrected chi connectivity index (χ0v) is 19.6. The van der Waals surface area contributed by atoms with Gasteiger partial charge in [-0.2, -0.15) is 0 Å². The molecule has 0 radical (unpaired) electrons. The van der Waals surface area contributed by atoms with Crippen molar-refractivity contribution in [3.63, 3.8) is 0 Å². The lowest BCUT2D eigenvalue weighted by Gasteiger charge is -2.38. The van der Waals surface area contributed by atoms with Crippen LogP contribution in [0.15, 0.2) is 40.9 Å². The van der Waals surface area contributed by atoms with Crippen molar-refractivity contribution < 1.29 is 23.9 Å². The Balaban J connectivity index is 1.77. The van der Waals surface area contributed by atoms with E-state index in [-0.39, 0.29) is 19.1 Å². The van der Waals surface area contributed by atoms with Gasteiger partial charge in [0.15, 0.2) is 0 Å². The first-order chi connectivity index (χ1) is 15.3. The zero-order valence-electron chi connectivity index (χ0n) is 18.0. The molecule has 0 bridgehead atoms. The number of esters is 1. The molecule has 3 aliphatic rings. The predicted octanol–water partition coefficient (Wildman–Crippen LogP) is 3.85. The van der Waals surface area contributed by atoms with Crippen molar-refractivity contribution >= 4 is 39.4 Å². The van der Waals surface area contributed by atoms with Gasteiger partial charge in [0.25, 0.3) is 11.8 Å². The number of fused-ring (bicyclic) bond motifs is 6. The molecule has 0 spiro atoms. The third-order valence-corrected chi connectivity index (χ3v) is 7.31. The number of hydrogen-bond donors (Lipinski definition) is 1. The van der Waals surface area contributed by atoms with Gasteiger partial charge in [0.1, 0.15) is 11.3 Å². The molecular weight excluding hydrogens is 476 g/mol. The Kier molecular flexibility index (Phi) is 4.81. The molecule has 4 atom stereocenters. The van der Waals surface area contributed by atoms with Crippen LogP contribution in [0, 0.1) is 18.8 Å². The summed E-state index contributed by atoms with van der Waals surface area (Å²) < 4.78 is 12.1.